The maximum Gasteiger partial charge on any atom is 0.335 e. The molecule has 0 heterocycles. The number of benzene rings is 1. The summed E-state index contributed by atoms with van der Waals surface area (Å²) in [5, 5.41) is 22.1. The van der Waals surface area contributed by atoms with Crippen molar-refractivity contribution in [3.05, 3.63) is 23.8 Å². The van der Waals surface area contributed by atoms with Gasteiger partial charge in [-0.25, -0.2) is 4.79 Å². The zero-order valence-electron chi connectivity index (χ0n) is 13.6. The molecule has 0 amide bonds. The minimum Gasteiger partial charge on any atom is -0.478 e. The van der Waals surface area contributed by atoms with Crippen LogP contribution in [-0.2, 0) is 0 Å². The van der Waals surface area contributed by atoms with Crippen LogP contribution in [0.1, 0.15) is 38.1 Å². The van der Waals surface area contributed by atoms with Crippen LogP contribution >= 0.6 is 24.4 Å². The summed E-state index contributed by atoms with van der Waals surface area (Å²) in [6.45, 7) is 7.85. The Morgan fingerprint density at radius 1 is 0.913 bits per heavy atom. The van der Waals surface area contributed by atoms with Gasteiger partial charge in [0.15, 0.2) is 10.2 Å². The smallest absolute Gasteiger partial charge is 0.335 e. The summed E-state index contributed by atoms with van der Waals surface area (Å²) in [6, 6.07) is 5.13. The van der Waals surface area contributed by atoms with Gasteiger partial charge in [0.1, 0.15) is 0 Å². The average Bonchev–Trinajstić information content (AvgIpc) is 2.35. The topological polar surface area (TPSA) is 85.4 Å². The number of hydrogen-bond acceptors (Lipinski definition) is 3. The van der Waals surface area contributed by atoms with Crippen molar-refractivity contribution in [2.45, 2.75) is 39.8 Å². The molecule has 0 fully saturated rings. The van der Waals surface area contributed by atoms with Gasteiger partial charge in [0, 0.05) is 23.5 Å². The van der Waals surface area contributed by atoms with Crippen LogP contribution in [0.25, 0.3) is 0 Å². The molecule has 0 aliphatic carbocycles. The molecule has 23 heavy (non-hydrogen) atoms. The highest BCUT2D eigenvalue weighted by Gasteiger charge is 2.10. The zero-order valence-corrected chi connectivity index (χ0v) is 15.2. The molecule has 6 nitrogen and oxygen atoms in total. The number of nitrogens with one attached hydrogen (secondary N) is 4. The first-order valence-electron chi connectivity index (χ1n) is 7.20. The summed E-state index contributed by atoms with van der Waals surface area (Å²) in [5.74, 6) is -1.03. The lowest BCUT2D eigenvalue weighted by molar-refractivity contribution is 0.0697. The van der Waals surface area contributed by atoms with Crippen molar-refractivity contribution in [2.24, 2.45) is 0 Å². The van der Waals surface area contributed by atoms with Gasteiger partial charge in [-0.3, -0.25) is 0 Å². The quantitative estimate of drug-likeness (QED) is 0.516. The fourth-order valence-corrected chi connectivity index (χ4v) is 2.46. The molecule has 0 saturated heterocycles. The van der Waals surface area contributed by atoms with Crippen LogP contribution in [0.4, 0.5) is 11.4 Å². The molecule has 5 N–H and O–H groups in total. The molecule has 0 unspecified atom stereocenters. The summed E-state index contributed by atoms with van der Waals surface area (Å²) in [6.07, 6.45) is 0. The van der Waals surface area contributed by atoms with Gasteiger partial charge in [-0.2, -0.15) is 0 Å². The van der Waals surface area contributed by atoms with E-state index in [2.05, 4.69) is 21.3 Å². The van der Waals surface area contributed by atoms with E-state index in [1.807, 2.05) is 27.7 Å². The largest absolute Gasteiger partial charge is 0.478 e. The highest BCUT2D eigenvalue weighted by molar-refractivity contribution is 7.80. The summed E-state index contributed by atoms with van der Waals surface area (Å²) in [4.78, 5) is 11.3. The lowest BCUT2D eigenvalue weighted by Crippen LogP contribution is -2.34. The highest BCUT2D eigenvalue weighted by atomic mass is 32.1. The molecule has 0 spiro atoms. The molecule has 0 radical (unpaired) electrons. The number of carboxylic acids is 1. The van der Waals surface area contributed by atoms with E-state index in [0.717, 1.165) is 0 Å². The summed E-state index contributed by atoms with van der Waals surface area (Å²) < 4.78 is 0. The number of carbonyl (C=O) groups is 1. The first-order chi connectivity index (χ1) is 10.7. The first-order valence-corrected chi connectivity index (χ1v) is 8.02. The lowest BCUT2D eigenvalue weighted by Gasteiger charge is -2.16. The molecule has 126 valence electrons. The van der Waals surface area contributed by atoms with E-state index in [1.165, 1.54) is 12.1 Å². The fraction of sp³-hybridized carbons (Fsp3) is 0.400. The summed E-state index contributed by atoms with van der Waals surface area (Å²) in [7, 11) is 0. The van der Waals surface area contributed by atoms with Crippen LogP contribution in [0.3, 0.4) is 0 Å². The van der Waals surface area contributed by atoms with Gasteiger partial charge >= 0.3 is 5.97 Å². The molecule has 0 aromatic heterocycles. The molecule has 0 saturated carbocycles. The van der Waals surface area contributed by atoms with E-state index < -0.39 is 5.97 Å². The third kappa shape index (κ3) is 7.25. The van der Waals surface area contributed by atoms with Gasteiger partial charge < -0.3 is 26.4 Å². The SMILES string of the molecule is CC(C)NC(=S)Nc1cc(NC(=S)NC(C)C)cc(C(=O)O)c1. The third-order valence-electron chi connectivity index (χ3n) is 2.54. The Labute approximate surface area is 147 Å². The minimum absolute atomic E-state index is 0.136. The normalized spacial score (nSPS) is 10.3. The predicted molar refractivity (Wildman–Crippen MR) is 102 cm³/mol. The molecular weight excluding hydrogens is 332 g/mol. The van der Waals surface area contributed by atoms with E-state index in [-0.39, 0.29) is 17.6 Å². The Morgan fingerprint density at radius 3 is 1.61 bits per heavy atom. The molecule has 1 aromatic rings. The number of rotatable bonds is 5. The minimum atomic E-state index is -1.03. The Balaban J connectivity index is 2.96. The van der Waals surface area contributed by atoms with Crippen molar-refractivity contribution in [2.75, 3.05) is 10.6 Å². The molecule has 0 bridgehead atoms. The van der Waals surface area contributed by atoms with Crippen molar-refractivity contribution in [1.29, 1.82) is 0 Å². The Bertz CT molecular complexity index is 561. The van der Waals surface area contributed by atoms with Crippen molar-refractivity contribution < 1.29 is 9.90 Å². The fourth-order valence-electron chi connectivity index (χ4n) is 1.75. The second-order valence-electron chi connectivity index (χ2n) is 5.61. The molecule has 1 rings (SSSR count). The van der Waals surface area contributed by atoms with E-state index >= 15 is 0 Å². The van der Waals surface area contributed by atoms with Gasteiger partial charge in [-0.15, -0.1) is 0 Å². The number of thiocarbonyl (C=S) groups is 2. The molecule has 0 aliphatic heterocycles. The second kappa shape index (κ2) is 8.64. The monoisotopic (exact) mass is 354 g/mol. The van der Waals surface area contributed by atoms with Gasteiger partial charge in [-0.05, 0) is 70.3 Å². The third-order valence-corrected chi connectivity index (χ3v) is 2.98. The molecule has 0 atom stereocenters. The maximum absolute atomic E-state index is 11.3. The highest BCUT2D eigenvalue weighted by Crippen LogP contribution is 2.19. The Hall–Kier alpha value is -1.93. The molecule has 8 heteroatoms. The number of anilines is 2. The zero-order chi connectivity index (χ0) is 17.6. The molecule has 1 aromatic carbocycles. The number of hydrogen-bond donors (Lipinski definition) is 5. The van der Waals surface area contributed by atoms with E-state index in [1.54, 1.807) is 6.07 Å². The average molecular weight is 355 g/mol. The van der Waals surface area contributed by atoms with E-state index in [9.17, 15) is 9.90 Å². The van der Waals surface area contributed by atoms with Crippen molar-refractivity contribution in [1.82, 2.24) is 10.6 Å². The van der Waals surface area contributed by atoms with Crippen LogP contribution in [0, 0.1) is 0 Å². The van der Waals surface area contributed by atoms with Gasteiger partial charge in [0.25, 0.3) is 0 Å². The van der Waals surface area contributed by atoms with Crippen LogP contribution < -0.4 is 21.3 Å². The Kier molecular flexibility index (Phi) is 7.18. The van der Waals surface area contributed by atoms with Gasteiger partial charge in [0.2, 0.25) is 0 Å². The maximum atomic E-state index is 11.3. The standard InChI is InChI=1S/C15H22N4O2S2/c1-8(2)16-14(22)18-11-5-10(13(20)21)6-12(7-11)19-15(23)17-9(3)4/h5-9H,1-4H3,(H,20,21)(H2,16,18,22)(H2,17,19,23). The van der Waals surface area contributed by atoms with Crippen molar-refractivity contribution in [3.8, 4) is 0 Å². The number of aromatic carboxylic acids is 1. The van der Waals surface area contributed by atoms with Crippen LogP contribution in [-0.4, -0.2) is 33.4 Å². The van der Waals surface area contributed by atoms with E-state index in [4.69, 9.17) is 24.4 Å². The van der Waals surface area contributed by atoms with Crippen LogP contribution in [0.2, 0.25) is 0 Å². The molecule has 0 aliphatic rings. The predicted octanol–water partition coefficient (Wildman–Crippen LogP) is 2.77. The number of carboxylic acid groups (broad SMARTS) is 1. The van der Waals surface area contributed by atoms with Gasteiger partial charge in [0.05, 0.1) is 5.56 Å². The summed E-state index contributed by atoms with van der Waals surface area (Å²) in [5.41, 5.74) is 1.27. The van der Waals surface area contributed by atoms with Crippen LogP contribution in [0.15, 0.2) is 18.2 Å². The van der Waals surface area contributed by atoms with Crippen LogP contribution in [0.5, 0.6) is 0 Å². The first kappa shape index (κ1) is 19.1. The lowest BCUT2D eigenvalue weighted by atomic mass is 10.1. The van der Waals surface area contributed by atoms with Crippen molar-refractivity contribution >= 4 is 52.0 Å². The second-order valence-corrected chi connectivity index (χ2v) is 6.43. The van der Waals surface area contributed by atoms with Crippen molar-refractivity contribution in [3.63, 3.8) is 0 Å². The summed E-state index contributed by atoms with van der Waals surface area (Å²) >= 11 is 10.4. The Morgan fingerprint density at radius 2 is 1.30 bits per heavy atom. The molecular formula is C15H22N4O2S2. The van der Waals surface area contributed by atoms with E-state index in [0.29, 0.717) is 21.6 Å². The van der Waals surface area contributed by atoms with Gasteiger partial charge in [-0.1, -0.05) is 0 Å².